The van der Waals surface area contributed by atoms with Crippen LogP contribution in [0.4, 0.5) is 0 Å². The number of cyclic esters (lactones) is 1. The van der Waals surface area contributed by atoms with Gasteiger partial charge in [0.2, 0.25) is 8.32 Å². The van der Waals surface area contributed by atoms with Gasteiger partial charge in [0.15, 0.2) is 0 Å². The van der Waals surface area contributed by atoms with E-state index in [4.69, 9.17) is 18.6 Å². The van der Waals surface area contributed by atoms with E-state index in [-0.39, 0.29) is 30.4 Å². The van der Waals surface area contributed by atoms with Crippen molar-refractivity contribution in [3.8, 4) is 0 Å². The van der Waals surface area contributed by atoms with Crippen molar-refractivity contribution in [2.75, 3.05) is 14.2 Å². The fourth-order valence-electron chi connectivity index (χ4n) is 5.19. The molecule has 32 heavy (non-hydrogen) atoms. The minimum absolute atomic E-state index is 0.101. The third-order valence-electron chi connectivity index (χ3n) is 6.80. The lowest BCUT2D eigenvalue weighted by Gasteiger charge is -2.46. The van der Waals surface area contributed by atoms with Crippen LogP contribution in [0.15, 0.2) is 23.8 Å². The SMILES string of the molecule is CCC[C@H](/C=C/C(C)=C/[C@@H](O[Si](C(C)C)(C(C)C)C(C)C)[C@H]1C[C@@H](OC)CC(=O)O1)OC. The normalized spacial score (nSPS) is 22.8. The van der Waals surface area contributed by atoms with E-state index in [0.717, 1.165) is 18.4 Å². The molecule has 1 rings (SSSR count). The Morgan fingerprint density at radius 1 is 1.12 bits per heavy atom. The highest BCUT2D eigenvalue weighted by molar-refractivity contribution is 6.77. The molecule has 0 aromatic carbocycles. The number of allylic oxidation sites excluding steroid dienone is 2. The second kappa shape index (κ2) is 13.7. The lowest BCUT2D eigenvalue weighted by atomic mass is 9.99. The maximum atomic E-state index is 12.3. The first-order valence-electron chi connectivity index (χ1n) is 12.3. The monoisotopic (exact) mass is 468 g/mol. The van der Waals surface area contributed by atoms with E-state index < -0.39 is 8.32 Å². The molecule has 1 aliphatic heterocycles. The van der Waals surface area contributed by atoms with Gasteiger partial charge in [0, 0.05) is 20.6 Å². The van der Waals surface area contributed by atoms with Gasteiger partial charge in [0.1, 0.15) is 12.2 Å². The summed E-state index contributed by atoms with van der Waals surface area (Å²) < 4.78 is 24.1. The Hall–Kier alpha value is -0.953. The number of methoxy groups -OCH3 is 2. The fraction of sp³-hybridized carbons (Fsp3) is 0.808. The van der Waals surface area contributed by atoms with Crippen molar-refractivity contribution in [3.05, 3.63) is 23.8 Å². The van der Waals surface area contributed by atoms with Gasteiger partial charge < -0.3 is 18.6 Å². The maximum Gasteiger partial charge on any atom is 0.308 e. The van der Waals surface area contributed by atoms with Crippen molar-refractivity contribution in [2.24, 2.45) is 0 Å². The largest absolute Gasteiger partial charge is 0.459 e. The number of hydrogen-bond donors (Lipinski definition) is 0. The molecule has 4 atom stereocenters. The van der Waals surface area contributed by atoms with E-state index in [0.29, 0.717) is 29.5 Å². The molecule has 1 aliphatic rings. The molecule has 0 bridgehead atoms. The second-order valence-electron chi connectivity index (χ2n) is 10.1. The molecule has 0 amide bonds. The molecule has 5 nitrogen and oxygen atoms in total. The molecule has 0 saturated carbocycles. The highest BCUT2D eigenvalue weighted by Gasteiger charge is 2.48. The summed E-state index contributed by atoms with van der Waals surface area (Å²) in [6, 6.07) is 0. The molecule has 0 spiro atoms. The third kappa shape index (κ3) is 7.82. The van der Waals surface area contributed by atoms with Crippen molar-refractivity contribution in [1.29, 1.82) is 0 Å². The molecule has 0 aliphatic carbocycles. The summed E-state index contributed by atoms with van der Waals surface area (Å²) in [7, 11) is 1.22. The topological polar surface area (TPSA) is 54.0 Å². The van der Waals surface area contributed by atoms with Crippen molar-refractivity contribution in [2.45, 2.75) is 122 Å². The molecule has 1 heterocycles. The summed E-state index contributed by atoms with van der Waals surface area (Å²) in [6.07, 6.45) is 8.67. The molecule has 186 valence electrons. The van der Waals surface area contributed by atoms with Crippen molar-refractivity contribution >= 4 is 14.3 Å². The van der Waals surface area contributed by atoms with Gasteiger partial charge in [0.05, 0.1) is 18.6 Å². The average molecular weight is 469 g/mol. The smallest absolute Gasteiger partial charge is 0.308 e. The van der Waals surface area contributed by atoms with E-state index >= 15 is 0 Å². The number of rotatable bonds is 13. The Labute approximate surface area is 198 Å². The molecular formula is C26H48O5Si. The summed E-state index contributed by atoms with van der Waals surface area (Å²) in [5.74, 6) is -0.211. The molecular weight excluding hydrogens is 420 g/mol. The summed E-state index contributed by atoms with van der Waals surface area (Å²) in [5, 5.41) is 0. The molecule has 0 N–H and O–H groups in total. The number of hydrogen-bond acceptors (Lipinski definition) is 5. The van der Waals surface area contributed by atoms with Crippen LogP contribution in [0.25, 0.3) is 0 Å². The van der Waals surface area contributed by atoms with Crippen LogP contribution in [0.2, 0.25) is 16.6 Å². The predicted molar refractivity (Wildman–Crippen MR) is 134 cm³/mol. The Kier molecular flexibility index (Phi) is 12.4. The molecule has 6 heteroatoms. The van der Waals surface area contributed by atoms with Gasteiger partial charge in [-0.1, -0.05) is 78.7 Å². The Balaban J connectivity index is 3.34. The van der Waals surface area contributed by atoms with Crippen LogP contribution in [0.5, 0.6) is 0 Å². The molecule has 1 fully saturated rings. The Morgan fingerprint density at radius 3 is 2.19 bits per heavy atom. The molecule has 0 radical (unpaired) electrons. The molecule has 0 aromatic rings. The second-order valence-corrected chi connectivity index (χ2v) is 15.5. The first kappa shape index (κ1) is 29.1. The van der Waals surface area contributed by atoms with Gasteiger partial charge in [-0.05, 0) is 30.0 Å². The van der Waals surface area contributed by atoms with Gasteiger partial charge in [0.25, 0.3) is 0 Å². The molecule has 1 saturated heterocycles. The van der Waals surface area contributed by atoms with Crippen LogP contribution >= 0.6 is 0 Å². The first-order valence-corrected chi connectivity index (χ1v) is 14.4. The van der Waals surface area contributed by atoms with Gasteiger partial charge in [-0.15, -0.1) is 0 Å². The zero-order valence-electron chi connectivity index (χ0n) is 22.1. The number of carbonyl (C=O) groups is 1. The molecule has 0 aromatic heterocycles. The highest BCUT2D eigenvalue weighted by Crippen LogP contribution is 2.44. The van der Waals surface area contributed by atoms with Crippen LogP contribution in [0, 0.1) is 0 Å². The predicted octanol–water partition coefficient (Wildman–Crippen LogP) is 6.59. The van der Waals surface area contributed by atoms with Crippen LogP contribution in [0.3, 0.4) is 0 Å². The van der Waals surface area contributed by atoms with Crippen molar-refractivity contribution in [1.82, 2.24) is 0 Å². The van der Waals surface area contributed by atoms with Gasteiger partial charge in [-0.25, -0.2) is 0 Å². The van der Waals surface area contributed by atoms with E-state index in [9.17, 15) is 4.79 Å². The van der Waals surface area contributed by atoms with E-state index in [2.05, 4.69) is 73.6 Å². The van der Waals surface area contributed by atoms with Crippen LogP contribution in [-0.2, 0) is 23.4 Å². The van der Waals surface area contributed by atoms with Gasteiger partial charge >= 0.3 is 5.97 Å². The summed E-state index contributed by atoms with van der Waals surface area (Å²) in [4.78, 5) is 12.3. The summed E-state index contributed by atoms with van der Waals surface area (Å²) in [5.41, 5.74) is 2.40. The number of ether oxygens (including phenoxy) is 3. The summed E-state index contributed by atoms with van der Waals surface area (Å²) >= 11 is 0. The van der Waals surface area contributed by atoms with E-state index in [1.165, 1.54) is 0 Å². The first-order chi connectivity index (χ1) is 15.0. The quantitative estimate of drug-likeness (QED) is 0.173. The van der Waals surface area contributed by atoms with Crippen LogP contribution in [-0.4, -0.2) is 52.9 Å². The zero-order valence-corrected chi connectivity index (χ0v) is 23.1. The van der Waals surface area contributed by atoms with Crippen molar-refractivity contribution in [3.63, 3.8) is 0 Å². The Morgan fingerprint density at radius 2 is 1.72 bits per heavy atom. The number of esters is 1. The van der Waals surface area contributed by atoms with Gasteiger partial charge in [-0.3, -0.25) is 4.79 Å². The van der Waals surface area contributed by atoms with Crippen LogP contribution < -0.4 is 0 Å². The van der Waals surface area contributed by atoms with Gasteiger partial charge in [-0.2, -0.15) is 0 Å². The fourth-order valence-corrected chi connectivity index (χ4v) is 10.7. The average Bonchev–Trinajstić information content (AvgIpc) is 2.72. The molecule has 0 unspecified atom stereocenters. The van der Waals surface area contributed by atoms with E-state index in [1.807, 2.05) is 0 Å². The number of carbonyl (C=O) groups excluding carboxylic acids is 1. The lowest BCUT2D eigenvalue weighted by Crippen LogP contribution is -2.53. The van der Waals surface area contributed by atoms with E-state index in [1.54, 1.807) is 14.2 Å². The maximum absolute atomic E-state index is 12.3. The lowest BCUT2D eigenvalue weighted by molar-refractivity contribution is -0.167. The van der Waals surface area contributed by atoms with Crippen molar-refractivity contribution < 1.29 is 23.4 Å². The van der Waals surface area contributed by atoms with Crippen LogP contribution in [0.1, 0.15) is 81.1 Å². The highest BCUT2D eigenvalue weighted by atomic mass is 28.4. The summed E-state index contributed by atoms with van der Waals surface area (Å²) in [6.45, 7) is 17.9. The zero-order chi connectivity index (χ0) is 24.5. The minimum atomic E-state index is -2.19. The minimum Gasteiger partial charge on any atom is -0.459 e. The Bertz CT molecular complexity index is 604. The standard InChI is InChI=1S/C26H48O5Si/c1-11-12-22(28-9)14-13-21(8)15-25(24-16-23(29-10)17-26(27)30-24)31-32(18(2)3,19(4)5)20(6)7/h13-15,18-20,22-25H,11-12,16-17H2,1-10H3/b14-13+,21-15+/t22-,23-,24-,25-/m1/s1. The third-order valence-corrected chi connectivity index (χ3v) is 12.9.